The van der Waals surface area contributed by atoms with Crippen LogP contribution in [0.4, 0.5) is 0 Å². The molecule has 0 aliphatic carbocycles. The van der Waals surface area contributed by atoms with Gasteiger partial charge in [0.1, 0.15) is 0 Å². The molecule has 0 radical (unpaired) electrons. The summed E-state index contributed by atoms with van der Waals surface area (Å²) in [6.07, 6.45) is 3.05. The fraction of sp³-hybridized carbons (Fsp3) is 0.667. The number of likely N-dealkylation sites (tertiary alicyclic amines) is 1. The van der Waals surface area contributed by atoms with E-state index < -0.39 is 5.60 Å². The topological polar surface area (TPSA) is 52.9 Å². The second kappa shape index (κ2) is 6.67. The maximum absolute atomic E-state index is 10.7. The molecule has 4 heteroatoms. The van der Waals surface area contributed by atoms with Gasteiger partial charge in [0.25, 0.3) is 0 Å². The molecule has 122 valence electrons. The first-order chi connectivity index (χ1) is 10.6. The average Bonchev–Trinajstić information content (AvgIpc) is 2.95. The third kappa shape index (κ3) is 3.35. The van der Waals surface area contributed by atoms with Gasteiger partial charge in [-0.15, -0.1) is 0 Å². The van der Waals surface area contributed by atoms with Crippen LogP contribution in [0.25, 0.3) is 0 Å². The van der Waals surface area contributed by atoms with Gasteiger partial charge in [-0.3, -0.25) is 4.90 Å². The summed E-state index contributed by atoms with van der Waals surface area (Å²) in [5.41, 5.74) is 1.59. The molecule has 2 heterocycles. The first-order valence-electron chi connectivity index (χ1n) is 8.33. The Kier molecular flexibility index (Phi) is 4.83. The van der Waals surface area contributed by atoms with Crippen molar-refractivity contribution in [2.45, 2.75) is 51.0 Å². The number of hydrogen-bond donors (Lipinski definition) is 2. The molecule has 0 aromatic heterocycles. The minimum absolute atomic E-state index is 0.0922. The summed E-state index contributed by atoms with van der Waals surface area (Å²) in [6.45, 7) is 5.38. The van der Waals surface area contributed by atoms with Crippen molar-refractivity contribution in [3.63, 3.8) is 0 Å². The normalized spacial score (nSPS) is 33.2. The highest BCUT2D eigenvalue weighted by atomic mass is 16.5. The third-order valence-electron chi connectivity index (χ3n) is 5.32. The van der Waals surface area contributed by atoms with E-state index in [1.165, 1.54) is 12.0 Å². The molecular formula is C18H27NO3. The van der Waals surface area contributed by atoms with Crippen molar-refractivity contribution in [1.29, 1.82) is 0 Å². The summed E-state index contributed by atoms with van der Waals surface area (Å²) >= 11 is 0. The van der Waals surface area contributed by atoms with E-state index in [9.17, 15) is 5.11 Å². The largest absolute Gasteiger partial charge is 0.392 e. The van der Waals surface area contributed by atoms with Crippen molar-refractivity contribution < 1.29 is 14.9 Å². The lowest BCUT2D eigenvalue weighted by Gasteiger charge is -2.43. The molecule has 2 N–H and O–H groups in total. The second-order valence-electron chi connectivity index (χ2n) is 6.94. The van der Waals surface area contributed by atoms with Gasteiger partial charge in [-0.2, -0.15) is 0 Å². The molecular weight excluding hydrogens is 278 g/mol. The van der Waals surface area contributed by atoms with Crippen molar-refractivity contribution in [1.82, 2.24) is 4.90 Å². The standard InChI is InChI=1S/C18H27NO3/c1-18(21)8-10-22-13-16(18)17-3-2-9-19(17)11-14-4-6-15(12-20)7-5-14/h4-7,16-17,20-21H,2-3,8-13H2,1H3/t16-,17+,18-/m0/s1. The minimum Gasteiger partial charge on any atom is -0.392 e. The molecule has 0 amide bonds. The summed E-state index contributed by atoms with van der Waals surface area (Å²) in [6, 6.07) is 8.56. The van der Waals surface area contributed by atoms with Crippen LogP contribution in [0.3, 0.4) is 0 Å². The fourth-order valence-corrected chi connectivity index (χ4v) is 3.87. The lowest BCUT2D eigenvalue weighted by Crippen LogP contribution is -2.52. The highest BCUT2D eigenvalue weighted by molar-refractivity contribution is 5.22. The van der Waals surface area contributed by atoms with Gasteiger partial charge in [0.2, 0.25) is 0 Å². The maximum atomic E-state index is 10.7. The third-order valence-corrected chi connectivity index (χ3v) is 5.32. The molecule has 1 aromatic carbocycles. The number of ether oxygens (including phenoxy) is 1. The Bertz CT molecular complexity index is 486. The number of hydrogen-bond acceptors (Lipinski definition) is 4. The van der Waals surface area contributed by atoms with Gasteiger partial charge in [-0.1, -0.05) is 24.3 Å². The van der Waals surface area contributed by atoms with E-state index in [4.69, 9.17) is 9.84 Å². The summed E-state index contributed by atoms with van der Waals surface area (Å²) < 4.78 is 5.64. The van der Waals surface area contributed by atoms with E-state index in [0.29, 0.717) is 19.3 Å². The van der Waals surface area contributed by atoms with Crippen LogP contribution in [0.5, 0.6) is 0 Å². The Labute approximate surface area is 132 Å². The quantitative estimate of drug-likeness (QED) is 0.892. The smallest absolute Gasteiger partial charge is 0.0706 e. The van der Waals surface area contributed by atoms with Gasteiger partial charge >= 0.3 is 0 Å². The summed E-state index contributed by atoms with van der Waals surface area (Å²) in [7, 11) is 0. The molecule has 0 bridgehead atoms. The van der Waals surface area contributed by atoms with Crippen molar-refractivity contribution in [2.75, 3.05) is 19.8 Å². The van der Waals surface area contributed by atoms with E-state index in [1.807, 2.05) is 19.1 Å². The van der Waals surface area contributed by atoms with Gasteiger partial charge in [-0.05, 0) is 43.9 Å². The number of benzene rings is 1. The zero-order chi connectivity index (χ0) is 15.6. The molecule has 3 atom stereocenters. The molecule has 2 aliphatic heterocycles. The predicted molar refractivity (Wildman–Crippen MR) is 85.3 cm³/mol. The zero-order valence-electron chi connectivity index (χ0n) is 13.4. The molecule has 3 rings (SSSR count). The molecule has 2 fully saturated rings. The van der Waals surface area contributed by atoms with Crippen LogP contribution in [-0.2, 0) is 17.9 Å². The molecule has 1 aromatic rings. The van der Waals surface area contributed by atoms with Crippen LogP contribution in [0.15, 0.2) is 24.3 Å². The summed E-state index contributed by atoms with van der Waals surface area (Å²) in [5, 5.41) is 19.8. The van der Waals surface area contributed by atoms with Gasteiger partial charge in [-0.25, -0.2) is 0 Å². The van der Waals surface area contributed by atoms with Gasteiger partial charge in [0.15, 0.2) is 0 Å². The number of nitrogens with zero attached hydrogens (tertiary/aromatic N) is 1. The Morgan fingerprint density at radius 2 is 2.00 bits per heavy atom. The summed E-state index contributed by atoms with van der Waals surface area (Å²) in [4.78, 5) is 2.49. The second-order valence-corrected chi connectivity index (χ2v) is 6.94. The van der Waals surface area contributed by atoms with Crippen LogP contribution in [0.1, 0.15) is 37.3 Å². The highest BCUT2D eigenvalue weighted by Gasteiger charge is 2.43. The number of rotatable bonds is 4. The molecule has 0 spiro atoms. The van der Waals surface area contributed by atoms with Crippen LogP contribution in [0, 0.1) is 5.92 Å². The van der Waals surface area contributed by atoms with Crippen LogP contribution >= 0.6 is 0 Å². The molecule has 0 unspecified atom stereocenters. The molecule has 2 saturated heterocycles. The molecule has 22 heavy (non-hydrogen) atoms. The molecule has 4 nitrogen and oxygen atoms in total. The SMILES string of the molecule is C[C@]1(O)CCOC[C@H]1[C@H]1CCCN1Cc1ccc(CO)cc1. The Balaban J connectivity index is 1.69. The Hall–Kier alpha value is -0.940. The van der Waals surface area contributed by atoms with Gasteiger partial charge in [0.05, 0.1) is 18.8 Å². The van der Waals surface area contributed by atoms with Crippen molar-refractivity contribution in [2.24, 2.45) is 5.92 Å². The van der Waals surface area contributed by atoms with E-state index in [2.05, 4.69) is 17.0 Å². The van der Waals surface area contributed by atoms with E-state index in [-0.39, 0.29) is 12.5 Å². The molecule has 0 saturated carbocycles. The van der Waals surface area contributed by atoms with Crippen LogP contribution in [0.2, 0.25) is 0 Å². The number of aliphatic hydroxyl groups excluding tert-OH is 1. The minimum atomic E-state index is -0.619. The van der Waals surface area contributed by atoms with E-state index in [1.54, 1.807) is 0 Å². The van der Waals surface area contributed by atoms with E-state index >= 15 is 0 Å². The van der Waals surface area contributed by atoms with Crippen molar-refractivity contribution in [3.05, 3.63) is 35.4 Å². The lowest BCUT2D eigenvalue weighted by molar-refractivity contribution is -0.123. The van der Waals surface area contributed by atoms with Crippen molar-refractivity contribution in [3.8, 4) is 0 Å². The van der Waals surface area contributed by atoms with Gasteiger partial charge < -0.3 is 14.9 Å². The van der Waals surface area contributed by atoms with Crippen LogP contribution in [-0.4, -0.2) is 46.5 Å². The first kappa shape index (κ1) is 15.9. The zero-order valence-corrected chi connectivity index (χ0v) is 13.4. The van der Waals surface area contributed by atoms with Gasteiger partial charge in [0, 0.05) is 25.1 Å². The maximum Gasteiger partial charge on any atom is 0.0706 e. The number of aliphatic hydroxyl groups is 2. The van der Waals surface area contributed by atoms with Crippen molar-refractivity contribution >= 4 is 0 Å². The molecule has 2 aliphatic rings. The average molecular weight is 305 g/mol. The van der Waals surface area contributed by atoms with E-state index in [0.717, 1.165) is 31.5 Å². The fourth-order valence-electron chi connectivity index (χ4n) is 3.87. The first-order valence-corrected chi connectivity index (χ1v) is 8.33. The summed E-state index contributed by atoms with van der Waals surface area (Å²) in [5.74, 6) is 0.195. The van der Waals surface area contributed by atoms with Crippen LogP contribution < -0.4 is 0 Å². The Morgan fingerprint density at radius 3 is 2.68 bits per heavy atom. The highest BCUT2D eigenvalue weighted by Crippen LogP contribution is 2.36. The monoisotopic (exact) mass is 305 g/mol. The predicted octanol–water partition coefficient (Wildman–Crippen LogP) is 1.93. The lowest BCUT2D eigenvalue weighted by atomic mass is 9.79. The Morgan fingerprint density at radius 1 is 1.27 bits per heavy atom.